The maximum atomic E-state index is 11.7. The summed E-state index contributed by atoms with van der Waals surface area (Å²) in [5.74, 6) is 0. The predicted octanol–water partition coefficient (Wildman–Crippen LogP) is 0.000580. The number of sulfonamides is 1. The van der Waals surface area contributed by atoms with Crippen LogP contribution in [-0.2, 0) is 17.1 Å². The molecule has 1 atom stereocenters. The molecule has 0 saturated carbocycles. The molecule has 82 valence electrons. The highest BCUT2D eigenvalue weighted by Crippen LogP contribution is 2.07. The second-order valence-corrected chi connectivity index (χ2v) is 4.95. The summed E-state index contributed by atoms with van der Waals surface area (Å²) >= 11 is 0. The maximum Gasteiger partial charge on any atom is 0.243 e. The molecule has 1 heterocycles. The zero-order chi connectivity index (χ0) is 11.5. The molecule has 0 aliphatic heterocycles. The van der Waals surface area contributed by atoms with Gasteiger partial charge in [0, 0.05) is 19.3 Å². The lowest BCUT2D eigenvalue weighted by molar-refractivity contribution is 0.563. The molecular formula is C8H12N4O2S. The maximum absolute atomic E-state index is 11.7. The third kappa shape index (κ3) is 3.04. The second kappa shape index (κ2) is 4.42. The monoisotopic (exact) mass is 228 g/mol. The molecule has 0 amide bonds. The van der Waals surface area contributed by atoms with Crippen molar-refractivity contribution in [1.82, 2.24) is 14.5 Å². The van der Waals surface area contributed by atoms with E-state index in [1.54, 1.807) is 14.0 Å². The van der Waals surface area contributed by atoms with Crippen molar-refractivity contribution >= 4 is 10.0 Å². The fourth-order valence-corrected chi connectivity index (χ4v) is 2.28. The number of nitriles is 1. The van der Waals surface area contributed by atoms with E-state index in [1.807, 2.05) is 6.07 Å². The van der Waals surface area contributed by atoms with Gasteiger partial charge in [-0.15, -0.1) is 0 Å². The summed E-state index contributed by atoms with van der Waals surface area (Å²) in [6.07, 6.45) is 2.81. The van der Waals surface area contributed by atoms with Gasteiger partial charge >= 0.3 is 0 Å². The molecule has 0 spiro atoms. The smallest absolute Gasteiger partial charge is 0.243 e. The minimum absolute atomic E-state index is 0.106. The van der Waals surface area contributed by atoms with E-state index in [4.69, 9.17) is 5.26 Å². The Hall–Kier alpha value is -1.39. The molecule has 1 aromatic rings. The highest BCUT2D eigenvalue weighted by Gasteiger charge is 2.18. The normalized spacial score (nSPS) is 13.4. The lowest BCUT2D eigenvalue weighted by Gasteiger charge is -2.08. The van der Waals surface area contributed by atoms with E-state index >= 15 is 0 Å². The van der Waals surface area contributed by atoms with Crippen LogP contribution in [0.3, 0.4) is 0 Å². The lowest BCUT2D eigenvalue weighted by Crippen LogP contribution is -2.32. The molecule has 1 N–H and O–H groups in total. The second-order valence-electron chi connectivity index (χ2n) is 3.23. The van der Waals surface area contributed by atoms with Crippen LogP contribution >= 0.6 is 0 Å². The summed E-state index contributed by atoms with van der Waals surface area (Å²) in [5.41, 5.74) is 0. The first-order valence-electron chi connectivity index (χ1n) is 4.33. The molecule has 0 saturated heterocycles. The molecule has 0 aliphatic carbocycles. The van der Waals surface area contributed by atoms with Crippen LogP contribution in [0.4, 0.5) is 0 Å². The van der Waals surface area contributed by atoms with E-state index in [1.165, 1.54) is 17.1 Å². The van der Waals surface area contributed by atoms with Crippen molar-refractivity contribution < 1.29 is 8.42 Å². The van der Waals surface area contributed by atoms with E-state index in [9.17, 15) is 8.42 Å². The molecule has 1 unspecified atom stereocenters. The molecule has 0 bridgehead atoms. The van der Waals surface area contributed by atoms with Crippen molar-refractivity contribution in [3.63, 3.8) is 0 Å². The van der Waals surface area contributed by atoms with Gasteiger partial charge in [0.25, 0.3) is 0 Å². The van der Waals surface area contributed by atoms with Crippen molar-refractivity contribution in [2.75, 3.05) is 0 Å². The van der Waals surface area contributed by atoms with Gasteiger partial charge in [-0.2, -0.15) is 10.4 Å². The zero-order valence-electron chi connectivity index (χ0n) is 8.51. The van der Waals surface area contributed by atoms with Crippen LogP contribution < -0.4 is 4.72 Å². The van der Waals surface area contributed by atoms with Crippen molar-refractivity contribution in [2.24, 2.45) is 7.05 Å². The van der Waals surface area contributed by atoms with E-state index in [0.717, 1.165) is 0 Å². The van der Waals surface area contributed by atoms with E-state index in [-0.39, 0.29) is 11.3 Å². The van der Waals surface area contributed by atoms with Crippen molar-refractivity contribution in [3.05, 3.63) is 12.4 Å². The van der Waals surface area contributed by atoms with Gasteiger partial charge in [-0.05, 0) is 6.92 Å². The van der Waals surface area contributed by atoms with Crippen LogP contribution in [0.1, 0.15) is 13.3 Å². The molecule has 6 nitrogen and oxygen atoms in total. The molecule has 0 aromatic carbocycles. The van der Waals surface area contributed by atoms with Crippen LogP contribution in [0.25, 0.3) is 0 Å². The van der Waals surface area contributed by atoms with Crippen molar-refractivity contribution in [1.29, 1.82) is 5.26 Å². The average Bonchev–Trinajstić information content (AvgIpc) is 2.51. The molecule has 1 aromatic heterocycles. The van der Waals surface area contributed by atoms with Gasteiger partial charge in [-0.1, -0.05) is 0 Å². The summed E-state index contributed by atoms with van der Waals surface area (Å²) < 4.78 is 27.1. The Balaban J connectivity index is 2.81. The Kier molecular flexibility index (Phi) is 3.44. The van der Waals surface area contributed by atoms with Crippen molar-refractivity contribution in [3.8, 4) is 6.07 Å². The van der Waals surface area contributed by atoms with Gasteiger partial charge in [-0.3, -0.25) is 4.68 Å². The quantitative estimate of drug-likeness (QED) is 0.785. The molecule has 7 heteroatoms. The van der Waals surface area contributed by atoms with Gasteiger partial charge in [0.1, 0.15) is 4.90 Å². The third-order valence-corrected chi connectivity index (χ3v) is 3.29. The molecule has 0 radical (unpaired) electrons. The van der Waals surface area contributed by atoms with Gasteiger partial charge in [-0.25, -0.2) is 13.1 Å². The van der Waals surface area contributed by atoms with Crippen LogP contribution in [0.15, 0.2) is 17.3 Å². The van der Waals surface area contributed by atoms with Crippen LogP contribution in [0.5, 0.6) is 0 Å². The zero-order valence-corrected chi connectivity index (χ0v) is 9.32. The van der Waals surface area contributed by atoms with E-state index < -0.39 is 16.1 Å². The Morgan fingerprint density at radius 2 is 2.40 bits per heavy atom. The summed E-state index contributed by atoms with van der Waals surface area (Å²) in [4.78, 5) is 0.106. The van der Waals surface area contributed by atoms with Crippen LogP contribution in [-0.4, -0.2) is 24.2 Å². The molecule has 0 aliphatic rings. The van der Waals surface area contributed by atoms with E-state index in [2.05, 4.69) is 9.82 Å². The summed E-state index contributed by atoms with van der Waals surface area (Å²) in [7, 11) is -1.91. The Labute approximate surface area is 88.6 Å². The number of hydrogen-bond acceptors (Lipinski definition) is 4. The minimum Gasteiger partial charge on any atom is -0.274 e. The van der Waals surface area contributed by atoms with Gasteiger partial charge in [0.2, 0.25) is 10.0 Å². The van der Waals surface area contributed by atoms with Gasteiger partial charge in [0.05, 0.1) is 18.7 Å². The number of nitrogens with zero attached hydrogens (tertiary/aromatic N) is 3. The Bertz CT molecular complexity index is 471. The average molecular weight is 228 g/mol. The lowest BCUT2D eigenvalue weighted by atomic mass is 10.3. The first-order valence-corrected chi connectivity index (χ1v) is 5.82. The number of hydrogen-bond donors (Lipinski definition) is 1. The highest BCUT2D eigenvalue weighted by molar-refractivity contribution is 7.89. The van der Waals surface area contributed by atoms with Crippen LogP contribution in [0, 0.1) is 11.3 Å². The highest BCUT2D eigenvalue weighted by atomic mass is 32.2. The first kappa shape index (κ1) is 11.7. The molecule has 1 rings (SSSR count). The predicted molar refractivity (Wildman–Crippen MR) is 53.2 cm³/mol. The largest absolute Gasteiger partial charge is 0.274 e. The first-order chi connectivity index (χ1) is 6.95. The fourth-order valence-electron chi connectivity index (χ4n) is 1.05. The van der Waals surface area contributed by atoms with Crippen molar-refractivity contribution in [2.45, 2.75) is 24.3 Å². The third-order valence-electron chi connectivity index (χ3n) is 1.75. The summed E-state index contributed by atoms with van der Waals surface area (Å²) in [6.45, 7) is 1.64. The summed E-state index contributed by atoms with van der Waals surface area (Å²) in [6, 6.07) is 1.50. The minimum atomic E-state index is -3.55. The topological polar surface area (TPSA) is 87.8 Å². The Morgan fingerprint density at radius 3 is 2.87 bits per heavy atom. The number of nitrogens with one attached hydrogen (secondary N) is 1. The molecule has 15 heavy (non-hydrogen) atoms. The Morgan fingerprint density at radius 1 is 1.73 bits per heavy atom. The fraction of sp³-hybridized carbons (Fsp3) is 0.500. The van der Waals surface area contributed by atoms with Gasteiger partial charge < -0.3 is 0 Å². The van der Waals surface area contributed by atoms with E-state index in [0.29, 0.717) is 0 Å². The number of aryl methyl sites for hydroxylation is 1. The van der Waals surface area contributed by atoms with Gasteiger partial charge in [0.15, 0.2) is 0 Å². The standard InChI is InChI=1S/C8H12N4O2S/c1-7(3-4-9)11-15(13,14)8-5-10-12(2)6-8/h5-7,11H,3H2,1-2H3. The van der Waals surface area contributed by atoms with Crippen LogP contribution in [0.2, 0.25) is 0 Å². The summed E-state index contributed by atoms with van der Waals surface area (Å²) in [5, 5.41) is 12.2. The molecular weight excluding hydrogens is 216 g/mol. The SMILES string of the molecule is CC(CC#N)NS(=O)(=O)c1cnn(C)c1. The number of aromatic nitrogens is 2. The number of rotatable bonds is 4. The molecule has 0 fully saturated rings.